The zero-order chi connectivity index (χ0) is 18.0. The van der Waals surface area contributed by atoms with E-state index in [2.05, 4.69) is 20.4 Å². The zero-order valence-corrected chi connectivity index (χ0v) is 14.6. The normalized spacial score (nSPS) is 27.0. The van der Waals surface area contributed by atoms with Crippen molar-refractivity contribution >= 4 is 5.97 Å². The van der Waals surface area contributed by atoms with Crippen LogP contribution in [0.2, 0.25) is 0 Å². The topological polar surface area (TPSA) is 93.4 Å². The molecule has 4 heterocycles. The van der Waals surface area contributed by atoms with Crippen LogP contribution in [-0.2, 0) is 21.5 Å². The molecule has 1 aromatic carbocycles. The van der Waals surface area contributed by atoms with Crippen molar-refractivity contribution in [3.8, 4) is 0 Å². The van der Waals surface area contributed by atoms with Gasteiger partial charge >= 0.3 is 5.97 Å². The molecular weight excluding hydrogens is 334 g/mol. The van der Waals surface area contributed by atoms with E-state index in [4.69, 9.17) is 4.74 Å². The highest BCUT2D eigenvalue weighted by atomic mass is 16.5. The Kier molecular flexibility index (Phi) is 4.69. The largest absolute Gasteiger partial charge is 0.460 e. The molecule has 3 fully saturated rings. The molecule has 26 heavy (non-hydrogen) atoms. The number of rotatable bonds is 6. The Hall–Kier alpha value is -2.32. The summed E-state index contributed by atoms with van der Waals surface area (Å²) >= 11 is 0. The highest BCUT2D eigenvalue weighted by Gasteiger charge is 2.45. The molecule has 2 bridgehead atoms. The summed E-state index contributed by atoms with van der Waals surface area (Å²) in [4.78, 5) is 15.6. The van der Waals surface area contributed by atoms with Crippen LogP contribution in [0.1, 0.15) is 18.4 Å². The molecule has 1 aromatic heterocycles. The maximum absolute atomic E-state index is 13.3. The lowest BCUT2D eigenvalue weighted by Gasteiger charge is -2.45. The van der Waals surface area contributed by atoms with Gasteiger partial charge in [-0.25, -0.2) is 4.68 Å². The molecule has 0 spiro atoms. The van der Waals surface area contributed by atoms with Crippen LogP contribution in [0.25, 0.3) is 0 Å². The molecule has 138 valence electrons. The summed E-state index contributed by atoms with van der Waals surface area (Å²) in [5, 5.41) is 21.4. The number of carbonyl (C=O) groups is 1. The van der Waals surface area contributed by atoms with Gasteiger partial charge in [-0.3, -0.25) is 9.69 Å². The van der Waals surface area contributed by atoms with Crippen LogP contribution < -0.4 is 0 Å². The van der Waals surface area contributed by atoms with Crippen LogP contribution in [0.5, 0.6) is 0 Å². The number of nitrogens with zero attached hydrogens (tertiary/aromatic N) is 5. The first kappa shape index (κ1) is 17.1. The molecule has 0 aliphatic carbocycles. The second kappa shape index (κ2) is 7.13. The van der Waals surface area contributed by atoms with Crippen molar-refractivity contribution in [3.05, 3.63) is 42.2 Å². The number of tetrazole rings is 1. The summed E-state index contributed by atoms with van der Waals surface area (Å²) in [6.45, 7) is 2.68. The number of hydrogen-bond acceptors (Lipinski definition) is 7. The molecule has 3 aliphatic rings. The van der Waals surface area contributed by atoms with Crippen LogP contribution in [0.15, 0.2) is 36.7 Å². The number of aliphatic hydroxyl groups is 1. The molecule has 2 aromatic rings. The minimum Gasteiger partial charge on any atom is -0.460 e. The van der Waals surface area contributed by atoms with Gasteiger partial charge in [0.15, 0.2) is 0 Å². The van der Waals surface area contributed by atoms with Crippen molar-refractivity contribution in [1.29, 1.82) is 0 Å². The third kappa shape index (κ3) is 3.10. The molecule has 2 atom stereocenters. The van der Waals surface area contributed by atoms with Gasteiger partial charge in [-0.05, 0) is 47.8 Å². The molecule has 3 aliphatic heterocycles. The number of benzene rings is 1. The van der Waals surface area contributed by atoms with Crippen LogP contribution in [-0.4, -0.2) is 68.5 Å². The van der Waals surface area contributed by atoms with E-state index in [1.54, 1.807) is 0 Å². The Bertz CT molecular complexity index is 731. The molecule has 2 unspecified atom stereocenters. The Morgan fingerprint density at radius 3 is 2.62 bits per heavy atom. The molecule has 0 saturated carbocycles. The minimum atomic E-state index is -1.23. The second-order valence-electron chi connectivity index (χ2n) is 7.20. The van der Waals surface area contributed by atoms with Crippen molar-refractivity contribution in [2.45, 2.75) is 30.9 Å². The molecule has 1 N–H and O–H groups in total. The number of ether oxygens (including phenoxy) is 1. The van der Waals surface area contributed by atoms with Gasteiger partial charge < -0.3 is 9.84 Å². The SMILES string of the molecule is O=C(OC1CN2CCC1CC2)C(CO)(Cn1cnnn1)c1ccccc1. The highest BCUT2D eigenvalue weighted by Crippen LogP contribution is 2.33. The van der Waals surface area contributed by atoms with Gasteiger partial charge in [-0.2, -0.15) is 0 Å². The second-order valence-corrected chi connectivity index (χ2v) is 7.20. The lowest BCUT2D eigenvalue weighted by molar-refractivity contribution is -0.168. The number of fused-ring (bicyclic) bond motifs is 3. The quantitative estimate of drug-likeness (QED) is 0.740. The maximum Gasteiger partial charge on any atom is 0.321 e. The molecular formula is C18H23N5O3. The third-order valence-electron chi connectivity index (χ3n) is 5.66. The Labute approximate surface area is 151 Å². The predicted octanol–water partition coefficient (Wildman–Crippen LogP) is 0.241. The number of hydrogen-bond donors (Lipinski definition) is 1. The number of carbonyl (C=O) groups excluding carboxylic acids is 1. The number of aliphatic hydroxyl groups excluding tert-OH is 1. The summed E-state index contributed by atoms with van der Waals surface area (Å²) < 4.78 is 7.42. The van der Waals surface area contributed by atoms with Gasteiger partial charge in [-0.1, -0.05) is 30.3 Å². The van der Waals surface area contributed by atoms with Crippen molar-refractivity contribution < 1.29 is 14.6 Å². The van der Waals surface area contributed by atoms with E-state index in [0.29, 0.717) is 11.5 Å². The van der Waals surface area contributed by atoms with Crippen LogP contribution in [0, 0.1) is 5.92 Å². The summed E-state index contributed by atoms with van der Waals surface area (Å²) in [7, 11) is 0. The molecule has 8 nitrogen and oxygen atoms in total. The summed E-state index contributed by atoms with van der Waals surface area (Å²) in [5.41, 5.74) is -0.535. The molecule has 0 radical (unpaired) electrons. The van der Waals surface area contributed by atoms with Crippen molar-refractivity contribution in [3.63, 3.8) is 0 Å². The molecule has 8 heteroatoms. The van der Waals surface area contributed by atoms with E-state index in [9.17, 15) is 9.90 Å². The monoisotopic (exact) mass is 357 g/mol. The first-order valence-electron chi connectivity index (χ1n) is 9.02. The standard InChI is InChI=1S/C18H23N5O3/c24-12-18(11-23-13-19-20-21-23,15-4-2-1-3-5-15)17(25)26-16-10-22-8-6-14(16)7-9-22/h1-5,13-14,16,24H,6-12H2. The van der Waals surface area contributed by atoms with Gasteiger partial charge in [0.25, 0.3) is 0 Å². The van der Waals surface area contributed by atoms with E-state index in [1.165, 1.54) is 11.0 Å². The lowest BCUT2D eigenvalue weighted by Crippen LogP contribution is -2.54. The minimum absolute atomic E-state index is 0.117. The van der Waals surface area contributed by atoms with E-state index in [0.717, 1.165) is 32.5 Å². The fourth-order valence-corrected chi connectivity index (χ4v) is 4.06. The van der Waals surface area contributed by atoms with Crippen molar-refractivity contribution in [2.75, 3.05) is 26.2 Å². The fraction of sp³-hybridized carbons (Fsp3) is 0.556. The van der Waals surface area contributed by atoms with Gasteiger partial charge in [0.1, 0.15) is 17.8 Å². The van der Waals surface area contributed by atoms with Crippen molar-refractivity contribution in [1.82, 2.24) is 25.1 Å². The average Bonchev–Trinajstić information content (AvgIpc) is 3.21. The Morgan fingerprint density at radius 1 is 1.27 bits per heavy atom. The average molecular weight is 357 g/mol. The van der Waals surface area contributed by atoms with Crippen LogP contribution >= 0.6 is 0 Å². The maximum atomic E-state index is 13.3. The highest BCUT2D eigenvalue weighted by molar-refractivity contribution is 5.83. The van der Waals surface area contributed by atoms with Gasteiger partial charge in [-0.15, -0.1) is 5.10 Å². The van der Waals surface area contributed by atoms with Gasteiger partial charge in [0.05, 0.1) is 13.2 Å². The first-order valence-corrected chi connectivity index (χ1v) is 9.02. The van der Waals surface area contributed by atoms with E-state index < -0.39 is 11.4 Å². The Morgan fingerprint density at radius 2 is 2.04 bits per heavy atom. The smallest absolute Gasteiger partial charge is 0.321 e. The fourth-order valence-electron chi connectivity index (χ4n) is 4.06. The first-order chi connectivity index (χ1) is 12.7. The summed E-state index contributed by atoms with van der Waals surface area (Å²) in [5.74, 6) is -0.00963. The Balaban J connectivity index is 1.62. The van der Waals surface area contributed by atoms with E-state index in [-0.39, 0.29) is 19.3 Å². The number of piperidine rings is 3. The lowest BCUT2D eigenvalue weighted by atomic mass is 9.80. The predicted molar refractivity (Wildman–Crippen MR) is 92.1 cm³/mol. The summed E-state index contributed by atoms with van der Waals surface area (Å²) in [6, 6.07) is 9.24. The van der Waals surface area contributed by atoms with Crippen LogP contribution in [0.4, 0.5) is 0 Å². The molecule has 3 saturated heterocycles. The summed E-state index contributed by atoms with van der Waals surface area (Å²) in [6.07, 6.45) is 3.44. The van der Waals surface area contributed by atoms with E-state index in [1.807, 2.05) is 30.3 Å². The van der Waals surface area contributed by atoms with Crippen molar-refractivity contribution in [2.24, 2.45) is 5.92 Å². The number of aromatic nitrogens is 4. The van der Waals surface area contributed by atoms with Crippen LogP contribution in [0.3, 0.4) is 0 Å². The zero-order valence-electron chi connectivity index (χ0n) is 14.6. The third-order valence-corrected chi connectivity index (χ3v) is 5.66. The van der Waals surface area contributed by atoms with Gasteiger partial charge in [0, 0.05) is 6.54 Å². The van der Waals surface area contributed by atoms with Gasteiger partial charge in [0.2, 0.25) is 0 Å². The molecule has 5 rings (SSSR count). The number of esters is 1. The van der Waals surface area contributed by atoms with E-state index >= 15 is 0 Å². The molecule has 0 amide bonds.